The Morgan fingerprint density at radius 2 is 2.14 bits per heavy atom. The number of fused-ring (bicyclic) bond motifs is 1. The SMILES string of the molecule is CC(C)C(O)CNC(=O)Cn1c(C2CC2)nc2ccccc21. The molecule has 1 atom stereocenters. The first kappa shape index (κ1) is 15.0. The summed E-state index contributed by atoms with van der Waals surface area (Å²) in [5.74, 6) is 1.56. The number of aliphatic hydroxyl groups excluding tert-OH is 1. The predicted octanol–water partition coefficient (Wildman–Crippen LogP) is 2.05. The fourth-order valence-corrected chi connectivity index (χ4v) is 2.57. The van der Waals surface area contributed by atoms with Crippen molar-refractivity contribution in [2.75, 3.05) is 6.54 Å². The number of hydrogen-bond acceptors (Lipinski definition) is 3. The maximum atomic E-state index is 12.2. The minimum Gasteiger partial charge on any atom is -0.391 e. The number of nitrogens with one attached hydrogen (secondary N) is 1. The number of imidazole rings is 1. The van der Waals surface area contributed by atoms with E-state index in [2.05, 4.69) is 10.3 Å². The molecule has 2 N–H and O–H groups in total. The highest BCUT2D eigenvalue weighted by Gasteiger charge is 2.30. The molecule has 2 aromatic rings. The van der Waals surface area contributed by atoms with E-state index in [0.29, 0.717) is 12.5 Å². The molecule has 22 heavy (non-hydrogen) atoms. The molecule has 1 aromatic carbocycles. The Kier molecular flexibility index (Phi) is 4.16. The van der Waals surface area contributed by atoms with Gasteiger partial charge in [-0.25, -0.2) is 4.98 Å². The van der Waals surface area contributed by atoms with Gasteiger partial charge in [-0.1, -0.05) is 26.0 Å². The summed E-state index contributed by atoms with van der Waals surface area (Å²) in [5.41, 5.74) is 1.95. The minimum absolute atomic E-state index is 0.0789. The van der Waals surface area contributed by atoms with Crippen LogP contribution in [-0.4, -0.2) is 33.2 Å². The number of amides is 1. The predicted molar refractivity (Wildman–Crippen MR) is 85.6 cm³/mol. The molecule has 1 amide bonds. The Bertz CT molecular complexity index is 674. The number of carbonyl (C=O) groups is 1. The first-order valence-electron chi connectivity index (χ1n) is 7.96. The summed E-state index contributed by atoms with van der Waals surface area (Å²) in [6.45, 7) is 4.43. The monoisotopic (exact) mass is 301 g/mol. The van der Waals surface area contributed by atoms with E-state index >= 15 is 0 Å². The van der Waals surface area contributed by atoms with E-state index < -0.39 is 6.10 Å². The fraction of sp³-hybridized carbons (Fsp3) is 0.529. The molecule has 118 valence electrons. The molecule has 1 fully saturated rings. The lowest BCUT2D eigenvalue weighted by Gasteiger charge is -2.15. The van der Waals surface area contributed by atoms with E-state index in [0.717, 1.165) is 29.7 Å². The van der Waals surface area contributed by atoms with Gasteiger partial charge in [-0.3, -0.25) is 4.79 Å². The largest absolute Gasteiger partial charge is 0.391 e. The summed E-state index contributed by atoms with van der Waals surface area (Å²) < 4.78 is 2.02. The van der Waals surface area contributed by atoms with Gasteiger partial charge in [0.25, 0.3) is 0 Å². The molecule has 0 saturated heterocycles. The van der Waals surface area contributed by atoms with Gasteiger partial charge < -0.3 is 15.0 Å². The van der Waals surface area contributed by atoms with Crippen molar-refractivity contribution in [3.63, 3.8) is 0 Å². The lowest BCUT2D eigenvalue weighted by molar-refractivity contribution is -0.122. The van der Waals surface area contributed by atoms with Crippen LogP contribution in [0.15, 0.2) is 24.3 Å². The van der Waals surface area contributed by atoms with Crippen molar-refractivity contribution in [3.8, 4) is 0 Å². The second-order valence-corrected chi connectivity index (χ2v) is 6.43. The van der Waals surface area contributed by atoms with E-state index in [1.54, 1.807) is 0 Å². The number of nitrogens with zero attached hydrogens (tertiary/aromatic N) is 2. The summed E-state index contributed by atoms with van der Waals surface area (Å²) in [6.07, 6.45) is 1.79. The van der Waals surface area contributed by atoms with E-state index in [4.69, 9.17) is 0 Å². The zero-order chi connectivity index (χ0) is 15.7. The van der Waals surface area contributed by atoms with Crippen molar-refractivity contribution in [2.24, 2.45) is 5.92 Å². The first-order chi connectivity index (χ1) is 10.6. The molecule has 3 rings (SSSR count). The van der Waals surface area contributed by atoms with Crippen molar-refractivity contribution in [1.29, 1.82) is 0 Å². The van der Waals surface area contributed by atoms with Crippen LogP contribution in [0.25, 0.3) is 11.0 Å². The second-order valence-electron chi connectivity index (χ2n) is 6.43. The van der Waals surface area contributed by atoms with Crippen molar-refractivity contribution in [3.05, 3.63) is 30.1 Å². The van der Waals surface area contributed by atoms with Crippen LogP contribution in [0.3, 0.4) is 0 Å². The van der Waals surface area contributed by atoms with Gasteiger partial charge in [-0.05, 0) is 30.9 Å². The highest BCUT2D eigenvalue weighted by atomic mass is 16.3. The molecule has 1 saturated carbocycles. The van der Waals surface area contributed by atoms with Crippen LogP contribution >= 0.6 is 0 Å². The molecule has 5 nitrogen and oxygen atoms in total. The second kappa shape index (κ2) is 6.08. The summed E-state index contributed by atoms with van der Waals surface area (Å²) in [6, 6.07) is 7.93. The Balaban J connectivity index is 1.75. The molecule has 0 aliphatic heterocycles. The zero-order valence-corrected chi connectivity index (χ0v) is 13.1. The van der Waals surface area contributed by atoms with Crippen LogP contribution in [0.4, 0.5) is 0 Å². The summed E-state index contributed by atoms with van der Waals surface area (Å²) in [5, 5.41) is 12.6. The van der Waals surface area contributed by atoms with Gasteiger partial charge in [0.05, 0.1) is 17.1 Å². The van der Waals surface area contributed by atoms with Crippen LogP contribution in [0.5, 0.6) is 0 Å². The molecule has 1 aliphatic carbocycles. The Morgan fingerprint density at radius 1 is 1.41 bits per heavy atom. The first-order valence-corrected chi connectivity index (χ1v) is 7.96. The molecule has 1 aromatic heterocycles. The quantitative estimate of drug-likeness (QED) is 0.858. The van der Waals surface area contributed by atoms with Crippen molar-refractivity contribution >= 4 is 16.9 Å². The van der Waals surface area contributed by atoms with Gasteiger partial charge in [0.1, 0.15) is 12.4 Å². The average Bonchev–Trinajstić information content (AvgIpc) is 3.28. The fourth-order valence-electron chi connectivity index (χ4n) is 2.57. The van der Waals surface area contributed by atoms with Crippen LogP contribution in [-0.2, 0) is 11.3 Å². The van der Waals surface area contributed by atoms with Crippen LogP contribution < -0.4 is 5.32 Å². The van der Waals surface area contributed by atoms with Crippen LogP contribution in [0, 0.1) is 5.92 Å². The van der Waals surface area contributed by atoms with Crippen LogP contribution in [0.2, 0.25) is 0 Å². The molecule has 1 unspecified atom stereocenters. The molecule has 0 spiro atoms. The number of benzene rings is 1. The number of aromatic nitrogens is 2. The normalized spacial score (nSPS) is 16.2. The molecule has 5 heteroatoms. The zero-order valence-electron chi connectivity index (χ0n) is 13.1. The third kappa shape index (κ3) is 3.14. The lowest BCUT2D eigenvalue weighted by Crippen LogP contribution is -2.36. The number of para-hydroxylation sites is 2. The number of carbonyl (C=O) groups excluding carboxylic acids is 1. The standard InChI is InChI=1S/C17H23N3O2/c1-11(2)15(21)9-18-16(22)10-20-14-6-4-3-5-13(14)19-17(20)12-7-8-12/h3-6,11-12,15,21H,7-10H2,1-2H3,(H,18,22). The molecule has 0 radical (unpaired) electrons. The molecule has 0 bridgehead atoms. The maximum Gasteiger partial charge on any atom is 0.240 e. The van der Waals surface area contributed by atoms with Gasteiger partial charge in [-0.15, -0.1) is 0 Å². The summed E-state index contributed by atoms with van der Waals surface area (Å²) in [4.78, 5) is 16.9. The molecular formula is C17H23N3O2. The Labute approximate surface area is 130 Å². The number of aliphatic hydroxyl groups is 1. The summed E-state index contributed by atoms with van der Waals surface area (Å²) >= 11 is 0. The van der Waals surface area contributed by atoms with Crippen molar-refractivity contribution in [2.45, 2.75) is 45.3 Å². The van der Waals surface area contributed by atoms with Gasteiger partial charge in [0, 0.05) is 12.5 Å². The van der Waals surface area contributed by atoms with E-state index in [-0.39, 0.29) is 18.4 Å². The topological polar surface area (TPSA) is 67.2 Å². The van der Waals surface area contributed by atoms with Crippen LogP contribution in [0.1, 0.15) is 38.4 Å². The van der Waals surface area contributed by atoms with Crippen molar-refractivity contribution in [1.82, 2.24) is 14.9 Å². The molecule has 1 aliphatic rings. The molecule has 1 heterocycles. The third-order valence-corrected chi connectivity index (χ3v) is 4.21. The Morgan fingerprint density at radius 3 is 2.82 bits per heavy atom. The summed E-state index contributed by atoms with van der Waals surface area (Å²) in [7, 11) is 0. The highest BCUT2D eigenvalue weighted by molar-refractivity contribution is 5.81. The van der Waals surface area contributed by atoms with Gasteiger partial charge in [0.15, 0.2) is 0 Å². The third-order valence-electron chi connectivity index (χ3n) is 4.21. The maximum absolute atomic E-state index is 12.2. The smallest absolute Gasteiger partial charge is 0.240 e. The average molecular weight is 301 g/mol. The minimum atomic E-state index is -0.508. The lowest BCUT2D eigenvalue weighted by atomic mass is 10.1. The van der Waals surface area contributed by atoms with E-state index in [1.807, 2.05) is 42.7 Å². The Hall–Kier alpha value is -1.88. The van der Waals surface area contributed by atoms with Crippen molar-refractivity contribution < 1.29 is 9.90 Å². The number of hydrogen-bond donors (Lipinski definition) is 2. The molecular weight excluding hydrogens is 278 g/mol. The van der Waals surface area contributed by atoms with Gasteiger partial charge in [-0.2, -0.15) is 0 Å². The van der Waals surface area contributed by atoms with E-state index in [9.17, 15) is 9.90 Å². The van der Waals surface area contributed by atoms with E-state index in [1.165, 1.54) is 0 Å². The van der Waals surface area contributed by atoms with Gasteiger partial charge >= 0.3 is 0 Å². The van der Waals surface area contributed by atoms with Gasteiger partial charge in [0.2, 0.25) is 5.91 Å². The highest BCUT2D eigenvalue weighted by Crippen LogP contribution is 2.40. The number of rotatable bonds is 6.